The van der Waals surface area contributed by atoms with Crippen molar-refractivity contribution in [2.45, 2.75) is 65.0 Å². The molecule has 1 fully saturated rings. The Morgan fingerprint density at radius 2 is 1.95 bits per heavy atom. The van der Waals surface area contributed by atoms with Gasteiger partial charge in [0, 0.05) is 24.0 Å². The molecule has 1 aromatic heterocycles. The molecule has 1 aliphatic rings. The lowest BCUT2D eigenvalue weighted by molar-refractivity contribution is 0.117. The second kappa shape index (κ2) is 7.86. The van der Waals surface area contributed by atoms with Gasteiger partial charge in [-0.15, -0.1) is 11.3 Å². The van der Waals surface area contributed by atoms with Gasteiger partial charge in [0.2, 0.25) is 0 Å². The average molecular weight is 312 g/mol. The molecule has 0 N–H and O–H groups in total. The van der Waals surface area contributed by atoms with Gasteiger partial charge in [-0.3, -0.25) is 4.90 Å². The number of thiophene rings is 1. The minimum atomic E-state index is 0.446. The largest absolute Gasteiger partial charge is 0.295 e. The first kappa shape index (κ1) is 16.4. The fourth-order valence-electron chi connectivity index (χ4n) is 3.30. The second-order valence-electron chi connectivity index (χ2n) is 6.65. The number of hydrogen-bond donors (Lipinski definition) is 1. The molecule has 0 spiro atoms. The molecular weight excluding hydrogens is 282 g/mol. The maximum atomic E-state index is 4.73. The monoisotopic (exact) mass is 311 g/mol. The van der Waals surface area contributed by atoms with Crippen molar-refractivity contribution in [2.24, 2.45) is 5.41 Å². The van der Waals surface area contributed by atoms with E-state index in [0.717, 1.165) is 12.3 Å². The first-order valence-corrected chi connectivity index (χ1v) is 9.54. The first-order chi connectivity index (χ1) is 9.65. The Bertz CT molecular complexity index is 364. The van der Waals surface area contributed by atoms with Crippen LogP contribution in [0.1, 0.15) is 57.2 Å². The standard InChI is InChI=1S/C17H29NS2/c1-15(2)18(12-16-8-7-11-20-16)13-17(14-19)9-5-3-4-6-10-17/h7-8,11,15,19H,3-6,9-10,12-14H2,1-2H3. The molecule has 0 amide bonds. The van der Waals surface area contributed by atoms with E-state index in [1.165, 1.54) is 49.9 Å². The molecule has 0 radical (unpaired) electrons. The zero-order valence-electron chi connectivity index (χ0n) is 13.0. The van der Waals surface area contributed by atoms with Gasteiger partial charge in [0.1, 0.15) is 0 Å². The molecule has 1 heterocycles. The fourth-order valence-corrected chi connectivity index (χ4v) is 4.45. The Hall–Kier alpha value is 0.01000. The summed E-state index contributed by atoms with van der Waals surface area (Å²) in [5.41, 5.74) is 0.446. The molecule has 0 bridgehead atoms. The van der Waals surface area contributed by atoms with Gasteiger partial charge in [0.15, 0.2) is 0 Å². The number of hydrogen-bond acceptors (Lipinski definition) is 3. The Morgan fingerprint density at radius 3 is 2.45 bits per heavy atom. The number of thiol groups is 1. The van der Waals surface area contributed by atoms with Crippen molar-refractivity contribution >= 4 is 24.0 Å². The molecule has 2 rings (SSSR count). The maximum Gasteiger partial charge on any atom is 0.0330 e. The van der Waals surface area contributed by atoms with E-state index in [9.17, 15) is 0 Å². The van der Waals surface area contributed by atoms with Crippen LogP contribution in [0.3, 0.4) is 0 Å². The molecule has 0 aliphatic heterocycles. The molecule has 1 saturated carbocycles. The molecule has 0 atom stereocenters. The summed E-state index contributed by atoms with van der Waals surface area (Å²) in [5.74, 6) is 1.04. The molecular formula is C17H29NS2. The van der Waals surface area contributed by atoms with Crippen molar-refractivity contribution in [1.29, 1.82) is 0 Å². The van der Waals surface area contributed by atoms with Crippen LogP contribution in [-0.4, -0.2) is 23.2 Å². The summed E-state index contributed by atoms with van der Waals surface area (Å²) < 4.78 is 0. The third-order valence-electron chi connectivity index (χ3n) is 4.71. The molecule has 0 unspecified atom stereocenters. The third-order valence-corrected chi connectivity index (χ3v) is 6.24. The van der Waals surface area contributed by atoms with E-state index in [1.54, 1.807) is 0 Å². The molecule has 3 heteroatoms. The van der Waals surface area contributed by atoms with Gasteiger partial charge in [-0.1, -0.05) is 31.7 Å². The van der Waals surface area contributed by atoms with Crippen LogP contribution in [-0.2, 0) is 6.54 Å². The van der Waals surface area contributed by atoms with Crippen LogP contribution in [0.4, 0.5) is 0 Å². The summed E-state index contributed by atoms with van der Waals surface area (Å²) >= 11 is 6.61. The van der Waals surface area contributed by atoms with Crippen molar-refractivity contribution in [1.82, 2.24) is 4.90 Å². The van der Waals surface area contributed by atoms with E-state index in [1.807, 2.05) is 11.3 Å². The molecule has 1 aromatic rings. The summed E-state index contributed by atoms with van der Waals surface area (Å²) in [7, 11) is 0. The van der Waals surface area contributed by atoms with Crippen molar-refractivity contribution in [3.63, 3.8) is 0 Å². The van der Waals surface area contributed by atoms with Gasteiger partial charge in [0.25, 0.3) is 0 Å². The van der Waals surface area contributed by atoms with E-state index < -0.39 is 0 Å². The van der Waals surface area contributed by atoms with Gasteiger partial charge >= 0.3 is 0 Å². The summed E-state index contributed by atoms with van der Waals surface area (Å²) in [4.78, 5) is 4.15. The Balaban J connectivity index is 2.04. The van der Waals surface area contributed by atoms with Crippen LogP contribution in [0, 0.1) is 5.41 Å². The molecule has 0 saturated heterocycles. The van der Waals surface area contributed by atoms with Gasteiger partial charge in [-0.2, -0.15) is 12.6 Å². The summed E-state index contributed by atoms with van der Waals surface area (Å²) in [6.07, 6.45) is 8.36. The van der Waals surface area contributed by atoms with E-state index in [-0.39, 0.29) is 0 Å². The molecule has 114 valence electrons. The highest BCUT2D eigenvalue weighted by atomic mass is 32.1. The lowest BCUT2D eigenvalue weighted by Gasteiger charge is -2.39. The van der Waals surface area contributed by atoms with Gasteiger partial charge in [-0.05, 0) is 49.3 Å². The van der Waals surface area contributed by atoms with Crippen molar-refractivity contribution in [3.05, 3.63) is 22.4 Å². The quantitative estimate of drug-likeness (QED) is 0.556. The molecule has 1 nitrogen and oxygen atoms in total. The smallest absolute Gasteiger partial charge is 0.0330 e. The normalized spacial score (nSPS) is 19.4. The molecule has 0 aromatic carbocycles. The highest BCUT2D eigenvalue weighted by molar-refractivity contribution is 7.80. The van der Waals surface area contributed by atoms with E-state index in [4.69, 9.17) is 12.6 Å². The number of rotatable bonds is 6. The highest BCUT2D eigenvalue weighted by Gasteiger charge is 2.32. The lowest BCUT2D eigenvalue weighted by atomic mass is 9.81. The summed E-state index contributed by atoms with van der Waals surface area (Å²) in [5, 5.41) is 2.19. The van der Waals surface area contributed by atoms with Crippen molar-refractivity contribution in [3.8, 4) is 0 Å². The molecule has 1 aliphatic carbocycles. The van der Waals surface area contributed by atoms with Crippen LogP contribution in [0.25, 0.3) is 0 Å². The number of nitrogens with zero attached hydrogens (tertiary/aromatic N) is 1. The van der Waals surface area contributed by atoms with Gasteiger partial charge in [-0.25, -0.2) is 0 Å². The minimum absolute atomic E-state index is 0.446. The van der Waals surface area contributed by atoms with Crippen LogP contribution in [0.5, 0.6) is 0 Å². The minimum Gasteiger partial charge on any atom is -0.295 e. The predicted octanol–water partition coefficient (Wildman–Crippen LogP) is 5.23. The summed E-state index contributed by atoms with van der Waals surface area (Å²) in [6.45, 7) is 6.98. The SMILES string of the molecule is CC(C)N(Cc1cccs1)CC1(CS)CCCCCC1. The van der Waals surface area contributed by atoms with Crippen molar-refractivity contribution < 1.29 is 0 Å². The topological polar surface area (TPSA) is 3.24 Å². The van der Waals surface area contributed by atoms with Crippen molar-refractivity contribution in [2.75, 3.05) is 12.3 Å². The van der Waals surface area contributed by atoms with Crippen LogP contribution < -0.4 is 0 Å². The van der Waals surface area contributed by atoms with Crippen LogP contribution in [0.2, 0.25) is 0 Å². The Labute approximate surface area is 134 Å². The average Bonchev–Trinajstić information content (AvgIpc) is 2.83. The Morgan fingerprint density at radius 1 is 1.25 bits per heavy atom. The first-order valence-electron chi connectivity index (χ1n) is 8.02. The Kier molecular flexibility index (Phi) is 6.44. The van der Waals surface area contributed by atoms with Gasteiger partial charge in [0.05, 0.1) is 0 Å². The highest BCUT2D eigenvalue weighted by Crippen LogP contribution is 2.37. The summed E-state index contributed by atoms with van der Waals surface area (Å²) in [6, 6.07) is 5.04. The van der Waals surface area contributed by atoms with Crippen LogP contribution >= 0.6 is 24.0 Å². The lowest BCUT2D eigenvalue weighted by Crippen LogP contribution is -2.42. The third kappa shape index (κ3) is 4.51. The van der Waals surface area contributed by atoms with Crippen LogP contribution in [0.15, 0.2) is 17.5 Å². The molecule has 20 heavy (non-hydrogen) atoms. The maximum absolute atomic E-state index is 4.73. The zero-order valence-corrected chi connectivity index (χ0v) is 14.7. The predicted molar refractivity (Wildman–Crippen MR) is 93.9 cm³/mol. The van der Waals surface area contributed by atoms with E-state index in [2.05, 4.69) is 36.3 Å². The second-order valence-corrected chi connectivity index (χ2v) is 8.00. The zero-order chi connectivity index (χ0) is 14.4. The van der Waals surface area contributed by atoms with E-state index >= 15 is 0 Å². The van der Waals surface area contributed by atoms with Gasteiger partial charge < -0.3 is 0 Å². The fraction of sp³-hybridized carbons (Fsp3) is 0.765. The van der Waals surface area contributed by atoms with E-state index in [0.29, 0.717) is 11.5 Å².